The van der Waals surface area contributed by atoms with E-state index in [1.165, 1.54) is 24.3 Å². The molecule has 0 heterocycles. The molecule has 0 saturated heterocycles. The summed E-state index contributed by atoms with van der Waals surface area (Å²) in [5, 5.41) is 0. The number of amides is 1. The number of hydrogen-bond acceptors (Lipinski definition) is 4. The Balaban J connectivity index is 1.77. The van der Waals surface area contributed by atoms with Crippen LogP contribution in [0.1, 0.15) is 34.5 Å². The topological polar surface area (TPSA) is 75.7 Å². The zero-order valence-electron chi connectivity index (χ0n) is 18.0. The first-order valence-electron chi connectivity index (χ1n) is 9.82. The van der Waals surface area contributed by atoms with Crippen LogP contribution in [0, 0.1) is 6.92 Å². The Labute approximate surface area is 183 Å². The van der Waals surface area contributed by atoms with Crippen molar-refractivity contribution in [2.75, 3.05) is 18.9 Å². The lowest BCUT2D eigenvalue weighted by molar-refractivity contribution is 0.0741. The molecule has 0 spiro atoms. The van der Waals surface area contributed by atoms with Crippen molar-refractivity contribution >= 4 is 21.6 Å². The van der Waals surface area contributed by atoms with Gasteiger partial charge in [0.25, 0.3) is 15.9 Å². The molecule has 3 aromatic rings. The van der Waals surface area contributed by atoms with Crippen molar-refractivity contribution in [3.8, 4) is 5.75 Å². The van der Waals surface area contributed by atoms with Gasteiger partial charge in [0.1, 0.15) is 5.75 Å². The second kappa shape index (κ2) is 9.22. The van der Waals surface area contributed by atoms with Crippen LogP contribution >= 0.6 is 0 Å². The van der Waals surface area contributed by atoms with Crippen LogP contribution in [-0.2, 0) is 10.0 Å². The van der Waals surface area contributed by atoms with E-state index in [2.05, 4.69) is 4.72 Å². The fourth-order valence-corrected chi connectivity index (χ4v) is 4.27. The Hall–Kier alpha value is -3.32. The lowest BCUT2D eigenvalue weighted by Gasteiger charge is -2.26. The first kappa shape index (κ1) is 22.4. The zero-order valence-corrected chi connectivity index (χ0v) is 18.8. The molecule has 6 nitrogen and oxygen atoms in total. The number of methoxy groups -OCH3 is 1. The molecule has 1 amide bonds. The van der Waals surface area contributed by atoms with Gasteiger partial charge in [-0.25, -0.2) is 8.42 Å². The third-order valence-electron chi connectivity index (χ3n) is 5.21. The van der Waals surface area contributed by atoms with Gasteiger partial charge >= 0.3 is 0 Å². The highest BCUT2D eigenvalue weighted by Gasteiger charge is 2.22. The highest BCUT2D eigenvalue weighted by molar-refractivity contribution is 7.92. The van der Waals surface area contributed by atoms with Crippen LogP contribution < -0.4 is 9.46 Å². The SMILES string of the molecule is COc1ccccc1C(C)N(C)C(=O)c1ccc(S(=O)(=O)Nc2ccc(C)cc2)cc1. The van der Waals surface area contributed by atoms with Crippen LogP contribution in [0.5, 0.6) is 5.75 Å². The van der Waals surface area contributed by atoms with E-state index in [1.807, 2.05) is 50.2 Å². The number of nitrogens with one attached hydrogen (secondary N) is 1. The summed E-state index contributed by atoms with van der Waals surface area (Å²) in [6.45, 7) is 3.85. The predicted molar refractivity (Wildman–Crippen MR) is 122 cm³/mol. The Morgan fingerprint density at radius 3 is 2.19 bits per heavy atom. The fraction of sp³-hybridized carbons (Fsp3) is 0.208. The first-order valence-corrected chi connectivity index (χ1v) is 11.3. The maximum absolute atomic E-state index is 13.0. The molecule has 0 aliphatic heterocycles. The molecule has 0 bridgehead atoms. The largest absolute Gasteiger partial charge is 0.496 e. The minimum Gasteiger partial charge on any atom is -0.496 e. The number of anilines is 1. The fourth-order valence-electron chi connectivity index (χ4n) is 3.21. The summed E-state index contributed by atoms with van der Waals surface area (Å²) in [5.74, 6) is 0.493. The number of carbonyl (C=O) groups excluding carboxylic acids is 1. The van der Waals surface area contributed by atoms with Crippen LogP contribution in [-0.4, -0.2) is 33.4 Å². The molecule has 1 N–H and O–H groups in total. The maximum atomic E-state index is 13.0. The number of carbonyl (C=O) groups is 1. The quantitative estimate of drug-likeness (QED) is 0.583. The highest BCUT2D eigenvalue weighted by Crippen LogP contribution is 2.29. The van der Waals surface area contributed by atoms with Gasteiger partial charge in [0, 0.05) is 23.9 Å². The van der Waals surface area contributed by atoms with E-state index >= 15 is 0 Å². The average molecular weight is 439 g/mol. The van der Waals surface area contributed by atoms with Crippen LogP contribution in [0.25, 0.3) is 0 Å². The Morgan fingerprint density at radius 2 is 1.58 bits per heavy atom. The van der Waals surface area contributed by atoms with Gasteiger partial charge in [-0.15, -0.1) is 0 Å². The maximum Gasteiger partial charge on any atom is 0.261 e. The van der Waals surface area contributed by atoms with Gasteiger partial charge < -0.3 is 9.64 Å². The van der Waals surface area contributed by atoms with E-state index in [0.717, 1.165) is 11.1 Å². The molecule has 3 rings (SSSR count). The van der Waals surface area contributed by atoms with E-state index in [4.69, 9.17) is 4.74 Å². The first-order chi connectivity index (χ1) is 14.7. The number of rotatable bonds is 7. The van der Waals surface area contributed by atoms with Crippen molar-refractivity contribution in [3.05, 3.63) is 89.5 Å². The molecule has 1 atom stereocenters. The molecular weight excluding hydrogens is 412 g/mol. The number of sulfonamides is 1. The minimum atomic E-state index is -3.75. The standard InChI is InChI=1S/C24H26N2O4S/c1-17-9-13-20(14-10-17)25-31(28,29)21-15-11-19(12-16-21)24(27)26(3)18(2)22-7-5-6-8-23(22)30-4/h5-16,18,25H,1-4H3. The normalized spacial score (nSPS) is 12.1. The second-order valence-electron chi connectivity index (χ2n) is 7.33. The van der Waals surface area contributed by atoms with Gasteiger partial charge in [-0.2, -0.15) is 0 Å². The number of nitrogens with zero attached hydrogens (tertiary/aromatic N) is 1. The summed E-state index contributed by atoms with van der Waals surface area (Å²) in [4.78, 5) is 14.7. The van der Waals surface area contributed by atoms with Crippen LogP contribution in [0.15, 0.2) is 77.7 Å². The van der Waals surface area contributed by atoms with Crippen molar-refractivity contribution in [1.82, 2.24) is 4.90 Å². The zero-order chi connectivity index (χ0) is 22.6. The van der Waals surface area contributed by atoms with Crippen molar-refractivity contribution in [1.29, 1.82) is 0 Å². The van der Waals surface area contributed by atoms with E-state index < -0.39 is 10.0 Å². The number of aryl methyl sites for hydroxylation is 1. The molecule has 0 fully saturated rings. The monoisotopic (exact) mass is 438 g/mol. The summed E-state index contributed by atoms with van der Waals surface area (Å²) in [6, 6.07) is 20.3. The van der Waals surface area contributed by atoms with Gasteiger partial charge in [-0.1, -0.05) is 35.9 Å². The highest BCUT2D eigenvalue weighted by atomic mass is 32.2. The van der Waals surface area contributed by atoms with E-state index in [-0.39, 0.29) is 16.8 Å². The van der Waals surface area contributed by atoms with Gasteiger partial charge in [0.2, 0.25) is 0 Å². The summed E-state index contributed by atoms with van der Waals surface area (Å²) in [5.41, 5.74) is 2.81. The molecule has 31 heavy (non-hydrogen) atoms. The van der Waals surface area contributed by atoms with Crippen molar-refractivity contribution in [2.24, 2.45) is 0 Å². The third-order valence-corrected chi connectivity index (χ3v) is 6.60. The Kier molecular flexibility index (Phi) is 6.65. The molecule has 0 aromatic heterocycles. The summed E-state index contributed by atoms with van der Waals surface area (Å²) < 4.78 is 33.2. The molecule has 0 aliphatic carbocycles. The number of hydrogen-bond donors (Lipinski definition) is 1. The van der Waals surface area contributed by atoms with Crippen LogP contribution in [0.4, 0.5) is 5.69 Å². The number of benzene rings is 3. The predicted octanol–water partition coefficient (Wildman–Crippen LogP) is 4.64. The van der Waals surface area contributed by atoms with E-state index in [9.17, 15) is 13.2 Å². The van der Waals surface area contributed by atoms with Crippen LogP contribution in [0.3, 0.4) is 0 Å². The van der Waals surface area contributed by atoms with Gasteiger partial charge in [0.15, 0.2) is 0 Å². The molecule has 3 aromatic carbocycles. The van der Waals surface area contributed by atoms with Crippen molar-refractivity contribution < 1.29 is 17.9 Å². The Bertz CT molecular complexity index is 1160. The molecule has 162 valence electrons. The lowest BCUT2D eigenvalue weighted by atomic mass is 10.0. The summed E-state index contributed by atoms with van der Waals surface area (Å²) in [7, 11) is -0.443. The second-order valence-corrected chi connectivity index (χ2v) is 9.01. The molecular formula is C24H26N2O4S. The summed E-state index contributed by atoms with van der Waals surface area (Å²) >= 11 is 0. The van der Waals surface area contributed by atoms with Gasteiger partial charge in [0.05, 0.1) is 18.0 Å². The van der Waals surface area contributed by atoms with Gasteiger partial charge in [-0.3, -0.25) is 9.52 Å². The number of ether oxygens (including phenoxy) is 1. The molecule has 7 heteroatoms. The minimum absolute atomic E-state index is 0.0880. The molecule has 0 radical (unpaired) electrons. The van der Waals surface area contributed by atoms with E-state index in [1.54, 1.807) is 31.2 Å². The average Bonchev–Trinajstić information content (AvgIpc) is 2.79. The molecule has 0 aliphatic rings. The summed E-state index contributed by atoms with van der Waals surface area (Å²) in [6.07, 6.45) is 0. The molecule has 0 saturated carbocycles. The van der Waals surface area contributed by atoms with Crippen molar-refractivity contribution in [3.63, 3.8) is 0 Å². The van der Waals surface area contributed by atoms with Crippen LogP contribution in [0.2, 0.25) is 0 Å². The third kappa shape index (κ3) is 5.06. The number of para-hydroxylation sites is 1. The van der Waals surface area contributed by atoms with Crippen molar-refractivity contribution in [2.45, 2.75) is 24.8 Å². The van der Waals surface area contributed by atoms with Gasteiger partial charge in [-0.05, 0) is 56.3 Å². The lowest BCUT2D eigenvalue weighted by Crippen LogP contribution is -2.30. The Morgan fingerprint density at radius 1 is 0.968 bits per heavy atom. The smallest absolute Gasteiger partial charge is 0.261 e. The van der Waals surface area contributed by atoms with E-state index in [0.29, 0.717) is 17.0 Å². The molecule has 1 unspecified atom stereocenters.